The summed E-state index contributed by atoms with van der Waals surface area (Å²) < 4.78 is 0. The molecule has 2 rings (SSSR count). The summed E-state index contributed by atoms with van der Waals surface area (Å²) in [5.41, 5.74) is 6.45. The van der Waals surface area contributed by atoms with Gasteiger partial charge in [-0.3, -0.25) is 14.7 Å². The van der Waals surface area contributed by atoms with Crippen molar-refractivity contribution < 1.29 is 9.59 Å². The largest absolute Gasteiger partial charge is 0.352 e. The zero-order valence-corrected chi connectivity index (χ0v) is 15.1. The molecule has 1 saturated heterocycles. The molecule has 132 valence electrons. The summed E-state index contributed by atoms with van der Waals surface area (Å²) in [6.45, 7) is 1.34. The molecular weight excluding hydrogens is 346 g/mol. The normalized spacial score (nSPS) is 15.3. The fourth-order valence-electron chi connectivity index (χ4n) is 2.32. The highest BCUT2D eigenvalue weighted by Gasteiger charge is 2.23. The van der Waals surface area contributed by atoms with Crippen molar-refractivity contribution >= 4 is 35.5 Å². The van der Waals surface area contributed by atoms with Crippen LogP contribution >= 0.6 is 23.7 Å². The van der Waals surface area contributed by atoms with Crippen LogP contribution in [0.15, 0.2) is 23.4 Å². The summed E-state index contributed by atoms with van der Waals surface area (Å²) >= 11 is 2.79. The molecule has 1 aromatic heterocycles. The molecule has 5 N–H and O–H groups in total. The quantitative estimate of drug-likeness (QED) is 0.459. The molecule has 1 aromatic rings. The average molecular weight is 370 g/mol. The van der Waals surface area contributed by atoms with Crippen molar-refractivity contribution in [3.8, 4) is 0 Å². The van der Waals surface area contributed by atoms with Crippen molar-refractivity contribution in [2.75, 3.05) is 24.7 Å². The molecule has 0 bridgehead atoms. The Morgan fingerprint density at radius 3 is 2.88 bits per heavy atom. The topological polar surface area (TPSA) is 114 Å². The van der Waals surface area contributed by atoms with Gasteiger partial charge in [-0.05, 0) is 43.3 Å². The maximum absolute atomic E-state index is 12.1. The lowest BCUT2D eigenvalue weighted by molar-refractivity contribution is -0.131. The maximum Gasteiger partial charge on any atom is 0.252 e. The van der Waals surface area contributed by atoms with Gasteiger partial charge in [-0.25, -0.2) is 4.98 Å². The van der Waals surface area contributed by atoms with Crippen molar-refractivity contribution in [2.24, 2.45) is 10.9 Å². The van der Waals surface area contributed by atoms with E-state index in [0.717, 1.165) is 43.0 Å². The molecule has 0 aromatic carbocycles. The second-order valence-electron chi connectivity index (χ2n) is 5.50. The third-order valence-electron chi connectivity index (χ3n) is 3.73. The molecule has 1 fully saturated rings. The first-order valence-corrected chi connectivity index (χ1v) is 9.88. The summed E-state index contributed by atoms with van der Waals surface area (Å²) in [6.07, 6.45) is 3.73. The zero-order valence-electron chi connectivity index (χ0n) is 13.4. The van der Waals surface area contributed by atoms with Gasteiger partial charge in [0.15, 0.2) is 0 Å². The predicted octanol–water partition coefficient (Wildman–Crippen LogP) is 0.808. The first-order chi connectivity index (χ1) is 11.6. The van der Waals surface area contributed by atoms with Crippen LogP contribution in [0.2, 0.25) is 0 Å². The molecule has 1 atom stereocenters. The van der Waals surface area contributed by atoms with E-state index in [-0.39, 0.29) is 11.8 Å². The number of unbranched alkanes of at least 4 members (excludes halogenated alkanes) is 1. The number of carbonyl (C=O) groups excluding carboxylic acids is 2. The first-order valence-electron chi connectivity index (χ1n) is 7.85. The van der Waals surface area contributed by atoms with Gasteiger partial charge >= 0.3 is 0 Å². The van der Waals surface area contributed by atoms with Crippen molar-refractivity contribution in [3.63, 3.8) is 0 Å². The van der Waals surface area contributed by atoms with E-state index in [1.54, 1.807) is 23.9 Å². The highest BCUT2D eigenvalue weighted by molar-refractivity contribution is 7.99. The standard InChI is InChI=1S/C15H23N5O2S2/c16-12(15(22)20-7-8-23-10-20)3-1-2-6-18-14(21)11-4-5-13(24-17)19-9-11/h4-5,9,12H,1-3,6-8,10,16-17H2,(H,18,21). The number of hydrogen-bond acceptors (Lipinski definition) is 7. The van der Waals surface area contributed by atoms with Gasteiger partial charge in [-0.1, -0.05) is 0 Å². The number of thioether (sulfide) groups is 1. The summed E-state index contributed by atoms with van der Waals surface area (Å²) in [7, 11) is 0. The number of nitrogens with two attached hydrogens (primary N) is 2. The van der Waals surface area contributed by atoms with E-state index in [1.165, 1.54) is 6.20 Å². The number of amides is 2. The van der Waals surface area contributed by atoms with Crippen LogP contribution in [-0.2, 0) is 4.79 Å². The van der Waals surface area contributed by atoms with Gasteiger partial charge in [0, 0.05) is 25.0 Å². The minimum Gasteiger partial charge on any atom is -0.352 e. The van der Waals surface area contributed by atoms with Gasteiger partial charge in [0.2, 0.25) is 5.91 Å². The average Bonchev–Trinajstić information content (AvgIpc) is 3.15. The molecule has 2 amide bonds. The van der Waals surface area contributed by atoms with Crippen molar-refractivity contribution in [2.45, 2.75) is 30.3 Å². The third kappa shape index (κ3) is 5.66. The van der Waals surface area contributed by atoms with Crippen LogP contribution in [-0.4, -0.2) is 52.5 Å². The van der Waals surface area contributed by atoms with Crippen LogP contribution in [0.1, 0.15) is 29.6 Å². The predicted molar refractivity (Wildman–Crippen MR) is 97.5 cm³/mol. The summed E-state index contributed by atoms with van der Waals surface area (Å²) in [5.74, 6) is 1.61. The van der Waals surface area contributed by atoms with Crippen molar-refractivity contribution in [1.82, 2.24) is 15.2 Å². The van der Waals surface area contributed by atoms with Crippen LogP contribution in [0.25, 0.3) is 0 Å². The molecule has 9 heteroatoms. The van der Waals surface area contributed by atoms with Crippen LogP contribution < -0.4 is 16.2 Å². The maximum atomic E-state index is 12.1. The Labute approximate surface area is 150 Å². The number of rotatable bonds is 8. The minimum atomic E-state index is -0.440. The van der Waals surface area contributed by atoms with Crippen molar-refractivity contribution in [3.05, 3.63) is 23.9 Å². The number of hydrogen-bond donors (Lipinski definition) is 3. The lowest BCUT2D eigenvalue weighted by Gasteiger charge is -2.19. The highest BCUT2D eigenvalue weighted by Crippen LogP contribution is 2.15. The van der Waals surface area contributed by atoms with Gasteiger partial charge in [0.25, 0.3) is 5.91 Å². The number of nitrogens with one attached hydrogen (secondary N) is 1. The van der Waals surface area contributed by atoms with Crippen LogP contribution in [0.3, 0.4) is 0 Å². The molecular formula is C15H23N5O2S2. The van der Waals surface area contributed by atoms with Gasteiger partial charge in [0.1, 0.15) is 5.03 Å². The smallest absolute Gasteiger partial charge is 0.252 e. The van der Waals surface area contributed by atoms with E-state index in [9.17, 15) is 9.59 Å². The molecule has 0 aliphatic carbocycles. The Morgan fingerprint density at radius 1 is 1.42 bits per heavy atom. The minimum absolute atomic E-state index is 0.0352. The van der Waals surface area contributed by atoms with E-state index in [2.05, 4.69) is 10.3 Å². The molecule has 1 aliphatic heterocycles. The SMILES string of the molecule is NSc1ccc(C(=O)NCCCCC(N)C(=O)N2CCSC2)cn1. The lowest BCUT2D eigenvalue weighted by atomic mass is 10.1. The second-order valence-corrected chi connectivity index (χ2v) is 7.23. The fourth-order valence-corrected chi connectivity index (χ4v) is 3.54. The van der Waals surface area contributed by atoms with Gasteiger partial charge in [0.05, 0.1) is 17.5 Å². The Morgan fingerprint density at radius 2 is 2.25 bits per heavy atom. The molecule has 1 unspecified atom stereocenters. The fraction of sp³-hybridized carbons (Fsp3) is 0.533. The molecule has 0 saturated carbocycles. The Hall–Kier alpha value is -1.29. The Kier molecular flexibility index (Phi) is 7.83. The lowest BCUT2D eigenvalue weighted by Crippen LogP contribution is -2.42. The molecule has 7 nitrogen and oxygen atoms in total. The van der Waals surface area contributed by atoms with Crippen LogP contribution in [0.5, 0.6) is 0 Å². The number of aromatic nitrogens is 1. The molecule has 2 heterocycles. The first kappa shape index (κ1) is 19.0. The number of carbonyl (C=O) groups is 2. The summed E-state index contributed by atoms with van der Waals surface area (Å²) in [4.78, 5) is 29.9. The Bertz CT molecular complexity index is 549. The number of nitrogens with zero attached hydrogens (tertiary/aromatic N) is 2. The number of pyridine rings is 1. The monoisotopic (exact) mass is 369 g/mol. The zero-order chi connectivity index (χ0) is 17.4. The van der Waals surface area contributed by atoms with E-state index >= 15 is 0 Å². The van der Waals surface area contributed by atoms with Crippen LogP contribution in [0, 0.1) is 0 Å². The van der Waals surface area contributed by atoms with Crippen LogP contribution in [0.4, 0.5) is 0 Å². The third-order valence-corrected chi connectivity index (χ3v) is 5.18. The highest BCUT2D eigenvalue weighted by atomic mass is 32.2. The summed E-state index contributed by atoms with van der Waals surface area (Å²) in [5, 5.41) is 8.90. The van der Waals surface area contributed by atoms with Gasteiger partial charge in [-0.2, -0.15) is 0 Å². The van der Waals surface area contributed by atoms with Gasteiger partial charge < -0.3 is 16.0 Å². The molecule has 0 radical (unpaired) electrons. The summed E-state index contributed by atoms with van der Waals surface area (Å²) in [6, 6.07) is 2.96. The molecule has 0 spiro atoms. The van der Waals surface area contributed by atoms with E-state index in [1.807, 2.05) is 4.90 Å². The Balaban J connectivity index is 1.61. The van der Waals surface area contributed by atoms with Gasteiger partial charge in [-0.15, -0.1) is 11.8 Å². The van der Waals surface area contributed by atoms with Crippen molar-refractivity contribution in [1.29, 1.82) is 0 Å². The molecule has 1 aliphatic rings. The van der Waals surface area contributed by atoms with E-state index in [4.69, 9.17) is 10.9 Å². The molecule has 24 heavy (non-hydrogen) atoms. The van der Waals surface area contributed by atoms with E-state index in [0.29, 0.717) is 23.6 Å². The van der Waals surface area contributed by atoms with E-state index < -0.39 is 6.04 Å². The second kappa shape index (κ2) is 9.87.